The van der Waals surface area contributed by atoms with E-state index in [1.54, 1.807) is 16.4 Å². The monoisotopic (exact) mass is 372 g/mol. The highest BCUT2D eigenvalue weighted by molar-refractivity contribution is 7.98. The van der Waals surface area contributed by atoms with E-state index in [-0.39, 0.29) is 11.6 Å². The lowest BCUT2D eigenvalue weighted by Crippen LogP contribution is -2.14. The van der Waals surface area contributed by atoms with Crippen molar-refractivity contribution in [3.63, 3.8) is 0 Å². The van der Waals surface area contributed by atoms with E-state index in [4.69, 9.17) is 11.6 Å². The quantitative estimate of drug-likeness (QED) is 0.684. The number of hydrogen-bond donors (Lipinski definition) is 1. The average Bonchev–Trinajstić information content (AvgIpc) is 2.99. The number of nitrogens with one attached hydrogen (secondary N) is 1. The fraction of sp³-hybridized carbons (Fsp3) is 0.167. The van der Waals surface area contributed by atoms with Gasteiger partial charge in [0, 0.05) is 9.92 Å². The molecule has 1 aromatic heterocycles. The Balaban J connectivity index is 1.93. The number of benzene rings is 2. The normalized spacial score (nSPS) is 10.7. The molecule has 3 rings (SSSR count). The predicted molar refractivity (Wildman–Crippen MR) is 102 cm³/mol. The van der Waals surface area contributed by atoms with Crippen LogP contribution in [-0.2, 0) is 0 Å². The first-order valence-electron chi connectivity index (χ1n) is 7.64. The van der Waals surface area contributed by atoms with Gasteiger partial charge in [-0.05, 0) is 49.9 Å². The number of rotatable bonds is 4. The molecule has 2 aromatic carbocycles. The molecular weight excluding hydrogens is 356 g/mol. The summed E-state index contributed by atoms with van der Waals surface area (Å²) >= 11 is 7.66. The van der Waals surface area contributed by atoms with Crippen LogP contribution in [0.15, 0.2) is 47.4 Å². The third-order valence-electron chi connectivity index (χ3n) is 3.86. The van der Waals surface area contributed by atoms with Crippen LogP contribution in [-0.4, -0.2) is 27.2 Å². The van der Waals surface area contributed by atoms with E-state index in [2.05, 4.69) is 15.6 Å². The van der Waals surface area contributed by atoms with Gasteiger partial charge in [0.05, 0.1) is 17.1 Å². The molecule has 0 spiro atoms. The van der Waals surface area contributed by atoms with Crippen LogP contribution in [0.25, 0.3) is 5.69 Å². The number of nitrogens with zero attached hydrogens (tertiary/aromatic N) is 3. The number of carbonyl (C=O) groups is 1. The third kappa shape index (κ3) is 3.55. The maximum absolute atomic E-state index is 12.6. The van der Waals surface area contributed by atoms with Crippen molar-refractivity contribution in [1.82, 2.24) is 15.0 Å². The van der Waals surface area contributed by atoms with Gasteiger partial charge in [0.1, 0.15) is 0 Å². The predicted octanol–water partition coefficient (Wildman–Crippen LogP) is 4.51. The molecule has 25 heavy (non-hydrogen) atoms. The summed E-state index contributed by atoms with van der Waals surface area (Å²) in [5, 5.41) is 11.7. The molecule has 0 aliphatic rings. The SMILES string of the molecule is CSc1ccccc1NC(=O)c1nnn(-c2cc(Cl)ccc2C)c1C. The maximum atomic E-state index is 12.6. The Morgan fingerprint density at radius 1 is 1.20 bits per heavy atom. The summed E-state index contributed by atoms with van der Waals surface area (Å²) in [4.78, 5) is 13.6. The number of carbonyl (C=O) groups excluding carboxylic acids is 1. The molecule has 0 aliphatic heterocycles. The molecule has 7 heteroatoms. The minimum Gasteiger partial charge on any atom is -0.319 e. The number of anilines is 1. The highest BCUT2D eigenvalue weighted by Crippen LogP contribution is 2.26. The van der Waals surface area contributed by atoms with Crippen molar-refractivity contribution in [2.45, 2.75) is 18.7 Å². The van der Waals surface area contributed by atoms with E-state index >= 15 is 0 Å². The van der Waals surface area contributed by atoms with Crippen LogP contribution in [0.2, 0.25) is 5.02 Å². The van der Waals surface area contributed by atoms with Gasteiger partial charge >= 0.3 is 0 Å². The lowest BCUT2D eigenvalue weighted by atomic mass is 10.2. The highest BCUT2D eigenvalue weighted by atomic mass is 35.5. The number of para-hydroxylation sites is 1. The Labute approximate surface area is 155 Å². The van der Waals surface area contributed by atoms with Crippen molar-refractivity contribution in [3.8, 4) is 5.69 Å². The van der Waals surface area contributed by atoms with Crippen LogP contribution < -0.4 is 5.32 Å². The van der Waals surface area contributed by atoms with Gasteiger partial charge < -0.3 is 5.32 Å². The molecule has 3 aromatic rings. The first kappa shape index (κ1) is 17.5. The van der Waals surface area contributed by atoms with E-state index < -0.39 is 0 Å². The summed E-state index contributed by atoms with van der Waals surface area (Å²) in [6.07, 6.45) is 1.97. The van der Waals surface area contributed by atoms with E-state index in [0.717, 1.165) is 21.8 Å². The van der Waals surface area contributed by atoms with Crippen molar-refractivity contribution in [1.29, 1.82) is 0 Å². The molecule has 128 valence electrons. The Hall–Kier alpha value is -2.31. The Morgan fingerprint density at radius 2 is 1.96 bits per heavy atom. The molecule has 1 heterocycles. The smallest absolute Gasteiger partial charge is 0.278 e. The van der Waals surface area contributed by atoms with Crippen LogP contribution in [0.3, 0.4) is 0 Å². The van der Waals surface area contributed by atoms with E-state index in [1.807, 2.05) is 62.6 Å². The number of amides is 1. The minimum atomic E-state index is -0.287. The van der Waals surface area contributed by atoms with Crippen molar-refractivity contribution in [3.05, 3.63) is 64.4 Å². The molecule has 5 nitrogen and oxygen atoms in total. The summed E-state index contributed by atoms with van der Waals surface area (Å²) < 4.78 is 1.64. The number of hydrogen-bond acceptors (Lipinski definition) is 4. The molecule has 0 bridgehead atoms. The second-order valence-electron chi connectivity index (χ2n) is 5.52. The van der Waals surface area contributed by atoms with Gasteiger partial charge in [-0.25, -0.2) is 4.68 Å². The number of halogens is 1. The second-order valence-corrected chi connectivity index (χ2v) is 6.80. The largest absolute Gasteiger partial charge is 0.319 e. The standard InChI is InChI=1S/C18H17ClN4OS/c1-11-8-9-13(19)10-15(11)23-12(2)17(21-22-23)18(24)20-14-6-4-5-7-16(14)25-3/h4-10H,1-3H3,(H,20,24). The second kappa shape index (κ2) is 7.29. The molecule has 0 saturated carbocycles. The number of aryl methyl sites for hydroxylation is 1. The molecule has 0 aliphatic carbocycles. The molecule has 0 unspecified atom stereocenters. The van der Waals surface area contributed by atoms with E-state index in [9.17, 15) is 4.79 Å². The van der Waals surface area contributed by atoms with Gasteiger partial charge in [0.15, 0.2) is 5.69 Å². The zero-order chi connectivity index (χ0) is 18.0. The molecule has 0 fully saturated rings. The van der Waals surface area contributed by atoms with Crippen molar-refractivity contribution in [2.75, 3.05) is 11.6 Å². The maximum Gasteiger partial charge on any atom is 0.278 e. The third-order valence-corrected chi connectivity index (χ3v) is 4.90. The average molecular weight is 373 g/mol. The fourth-order valence-corrected chi connectivity index (χ4v) is 3.23. The Kier molecular flexibility index (Phi) is 5.11. The highest BCUT2D eigenvalue weighted by Gasteiger charge is 2.19. The van der Waals surface area contributed by atoms with Crippen LogP contribution >= 0.6 is 23.4 Å². The Morgan fingerprint density at radius 3 is 2.72 bits per heavy atom. The molecule has 1 N–H and O–H groups in total. The Bertz CT molecular complexity index is 939. The molecule has 1 amide bonds. The van der Waals surface area contributed by atoms with Crippen LogP contribution in [0.4, 0.5) is 5.69 Å². The lowest BCUT2D eigenvalue weighted by molar-refractivity contribution is 0.102. The minimum absolute atomic E-state index is 0.287. The summed E-state index contributed by atoms with van der Waals surface area (Å²) in [5.74, 6) is -0.287. The van der Waals surface area contributed by atoms with Crippen molar-refractivity contribution >= 4 is 35.0 Å². The van der Waals surface area contributed by atoms with Gasteiger partial charge in [0.25, 0.3) is 5.91 Å². The van der Waals surface area contributed by atoms with Gasteiger partial charge in [-0.2, -0.15) is 0 Å². The summed E-state index contributed by atoms with van der Waals surface area (Å²) in [5.41, 5.74) is 3.51. The molecular formula is C18H17ClN4OS. The zero-order valence-corrected chi connectivity index (χ0v) is 15.6. The summed E-state index contributed by atoms with van der Waals surface area (Å²) in [6.45, 7) is 3.77. The van der Waals surface area contributed by atoms with Crippen molar-refractivity contribution in [2.24, 2.45) is 0 Å². The topological polar surface area (TPSA) is 59.8 Å². The van der Waals surface area contributed by atoms with E-state index in [0.29, 0.717) is 10.7 Å². The van der Waals surface area contributed by atoms with Gasteiger partial charge in [-0.1, -0.05) is 35.0 Å². The lowest BCUT2D eigenvalue weighted by Gasteiger charge is -2.09. The first-order chi connectivity index (χ1) is 12.0. The summed E-state index contributed by atoms with van der Waals surface area (Å²) in [7, 11) is 0. The van der Waals surface area contributed by atoms with Crippen LogP contribution in [0.5, 0.6) is 0 Å². The number of thioether (sulfide) groups is 1. The van der Waals surface area contributed by atoms with Gasteiger partial charge in [0.2, 0.25) is 0 Å². The van der Waals surface area contributed by atoms with Gasteiger partial charge in [-0.3, -0.25) is 4.79 Å². The summed E-state index contributed by atoms with van der Waals surface area (Å²) in [6, 6.07) is 13.2. The fourth-order valence-electron chi connectivity index (χ4n) is 2.51. The number of aromatic nitrogens is 3. The zero-order valence-electron chi connectivity index (χ0n) is 14.1. The van der Waals surface area contributed by atoms with E-state index in [1.165, 1.54) is 0 Å². The molecule has 0 atom stereocenters. The first-order valence-corrected chi connectivity index (χ1v) is 9.24. The molecule has 0 saturated heterocycles. The van der Waals surface area contributed by atoms with Crippen LogP contribution in [0, 0.1) is 13.8 Å². The van der Waals surface area contributed by atoms with Crippen molar-refractivity contribution < 1.29 is 4.79 Å². The van der Waals surface area contributed by atoms with Gasteiger partial charge in [-0.15, -0.1) is 16.9 Å². The van der Waals surface area contributed by atoms with Crippen LogP contribution in [0.1, 0.15) is 21.7 Å². The molecule has 0 radical (unpaired) electrons.